The summed E-state index contributed by atoms with van der Waals surface area (Å²) in [4.78, 5) is 21.1. The lowest BCUT2D eigenvalue weighted by atomic mass is 10.0. The normalized spacial score (nSPS) is 14.4. The summed E-state index contributed by atoms with van der Waals surface area (Å²) in [5.74, 6) is -0.781. The fraction of sp³-hybridized carbons (Fsp3) is 0.778. The summed E-state index contributed by atoms with van der Waals surface area (Å²) in [6, 6.07) is 2.09. The van der Waals surface area contributed by atoms with Crippen LogP contribution in [0.2, 0.25) is 0 Å². The fourth-order valence-electron chi connectivity index (χ4n) is 5.30. The number of carbonyl (C=O) groups is 1. The van der Waals surface area contributed by atoms with Gasteiger partial charge in [0.15, 0.2) is 6.20 Å². The van der Waals surface area contributed by atoms with E-state index in [-0.39, 0.29) is 12.5 Å². The van der Waals surface area contributed by atoms with E-state index in [4.69, 9.17) is 24.1 Å². The molecule has 0 saturated heterocycles. The maximum Gasteiger partial charge on any atom is 0.316 e. The van der Waals surface area contributed by atoms with Crippen molar-refractivity contribution in [3.8, 4) is 6.01 Å². The first kappa shape index (κ1) is 39.6. The molecule has 1 aliphatic heterocycles. The zero-order valence-electron chi connectivity index (χ0n) is 28.7. The maximum atomic E-state index is 10.7. The molecule has 1 aromatic rings. The smallest absolute Gasteiger partial charge is 0.316 e. The van der Waals surface area contributed by atoms with Crippen molar-refractivity contribution in [3.63, 3.8) is 0 Å². The average molecular weight is 648 g/mol. The fourth-order valence-corrected chi connectivity index (χ4v) is 5.30. The van der Waals surface area contributed by atoms with E-state index in [1.807, 2.05) is 23.2 Å². The number of hydrogen-bond donors (Lipinski definition) is 1. The molecule has 0 aromatic carbocycles. The van der Waals surface area contributed by atoms with Crippen LogP contribution in [0.15, 0.2) is 30.9 Å². The van der Waals surface area contributed by atoms with Gasteiger partial charge in [-0.05, 0) is 12.5 Å². The molecule has 1 N–H and O–H groups in total. The largest absolute Gasteiger partial charge is 0.481 e. The highest BCUT2D eigenvalue weighted by Gasteiger charge is 2.15. The zero-order chi connectivity index (χ0) is 32.8. The van der Waals surface area contributed by atoms with Gasteiger partial charge in [0.2, 0.25) is 6.67 Å². The molecule has 1 unspecified atom stereocenters. The summed E-state index contributed by atoms with van der Waals surface area (Å²) in [7, 11) is 0. The average Bonchev–Trinajstić information content (AvgIpc) is 3.51. The van der Waals surface area contributed by atoms with Gasteiger partial charge >= 0.3 is 12.0 Å². The van der Waals surface area contributed by atoms with Crippen LogP contribution >= 0.6 is 0 Å². The Morgan fingerprint density at radius 2 is 1.39 bits per heavy atom. The van der Waals surface area contributed by atoms with Gasteiger partial charge in [-0.15, -0.1) is 0 Å². The Kier molecular flexibility index (Phi) is 24.7. The van der Waals surface area contributed by atoms with Crippen LogP contribution in [-0.2, 0) is 19.0 Å². The van der Waals surface area contributed by atoms with E-state index in [2.05, 4.69) is 21.8 Å². The second-order valence-corrected chi connectivity index (χ2v) is 12.2. The van der Waals surface area contributed by atoms with Crippen molar-refractivity contribution in [2.24, 2.45) is 0 Å². The summed E-state index contributed by atoms with van der Waals surface area (Å²) < 4.78 is 25.4. The van der Waals surface area contributed by atoms with Crippen molar-refractivity contribution in [2.75, 3.05) is 52.9 Å². The lowest BCUT2D eigenvalue weighted by Gasteiger charge is -2.18. The molecule has 0 amide bonds. The third-order valence-corrected chi connectivity index (χ3v) is 7.99. The van der Waals surface area contributed by atoms with Gasteiger partial charge in [-0.3, -0.25) is 4.79 Å². The van der Waals surface area contributed by atoms with E-state index in [1.54, 1.807) is 18.5 Å². The molecule has 2 heterocycles. The lowest BCUT2D eigenvalue weighted by Crippen LogP contribution is -2.30. The van der Waals surface area contributed by atoms with Gasteiger partial charge in [0.1, 0.15) is 12.3 Å². The van der Waals surface area contributed by atoms with Crippen LogP contribution in [0, 0.1) is 0 Å². The number of ether oxygens (including phenoxy) is 4. The number of nitrogens with zero attached hydrogens (tertiary/aromatic N) is 4. The van der Waals surface area contributed by atoms with E-state index in [9.17, 15) is 4.79 Å². The van der Waals surface area contributed by atoms with E-state index in [0.717, 1.165) is 19.6 Å². The topological polar surface area (TPSA) is 106 Å². The molecule has 0 spiro atoms. The third kappa shape index (κ3) is 22.9. The van der Waals surface area contributed by atoms with Crippen LogP contribution in [-0.4, -0.2) is 95.7 Å². The van der Waals surface area contributed by atoms with Crippen molar-refractivity contribution in [3.05, 3.63) is 30.9 Å². The van der Waals surface area contributed by atoms with Gasteiger partial charge in [0, 0.05) is 32.0 Å². The first-order valence-electron chi connectivity index (χ1n) is 18.1. The minimum absolute atomic E-state index is 0.142. The predicted octanol–water partition coefficient (Wildman–Crippen LogP) is 7.23. The maximum absolute atomic E-state index is 10.7. The number of hydrogen-bond acceptors (Lipinski definition) is 8. The molecule has 1 aliphatic rings. The van der Waals surface area contributed by atoms with Crippen LogP contribution in [0.4, 0.5) is 0 Å². The first-order chi connectivity index (χ1) is 22.7. The van der Waals surface area contributed by atoms with Crippen LogP contribution < -0.4 is 4.74 Å². The Bertz CT molecular complexity index is 917. The zero-order valence-corrected chi connectivity index (χ0v) is 28.7. The van der Waals surface area contributed by atoms with Crippen molar-refractivity contribution in [1.29, 1.82) is 0 Å². The SMILES string of the molecule is CCCCCCCCCCCCCCCCCCOCC(COCCOCCN1C=C[N+](=CCCC(=O)O)C1)Oc1ncccn1. The molecule has 0 fully saturated rings. The Hall–Kier alpha value is -2.56. The highest BCUT2D eigenvalue weighted by Crippen LogP contribution is 2.14. The molecule has 0 bridgehead atoms. The lowest BCUT2D eigenvalue weighted by molar-refractivity contribution is -0.460. The molecule has 262 valence electrons. The molecule has 10 heteroatoms. The molecule has 0 radical (unpaired) electrons. The summed E-state index contributed by atoms with van der Waals surface area (Å²) in [5, 5.41) is 8.76. The van der Waals surface area contributed by atoms with E-state index < -0.39 is 5.97 Å². The Morgan fingerprint density at radius 1 is 0.826 bits per heavy atom. The minimum Gasteiger partial charge on any atom is -0.481 e. The monoisotopic (exact) mass is 647 g/mol. The molecular formula is C36H63N4O6+. The van der Waals surface area contributed by atoms with Gasteiger partial charge in [0.25, 0.3) is 0 Å². The quantitative estimate of drug-likeness (QED) is 0.0640. The molecule has 46 heavy (non-hydrogen) atoms. The van der Waals surface area contributed by atoms with Gasteiger partial charge < -0.3 is 29.0 Å². The van der Waals surface area contributed by atoms with E-state index >= 15 is 0 Å². The van der Waals surface area contributed by atoms with Gasteiger partial charge in [-0.25, -0.2) is 9.97 Å². The number of aromatic nitrogens is 2. The van der Waals surface area contributed by atoms with Gasteiger partial charge in [-0.2, -0.15) is 4.58 Å². The van der Waals surface area contributed by atoms with Gasteiger partial charge in [-0.1, -0.05) is 103 Å². The molecule has 10 nitrogen and oxygen atoms in total. The van der Waals surface area contributed by atoms with Crippen LogP contribution in [0.25, 0.3) is 0 Å². The summed E-state index contributed by atoms with van der Waals surface area (Å²) in [6.45, 7) is 6.79. The molecule has 0 saturated carbocycles. The number of aliphatic carboxylic acids is 1. The Balaban J connectivity index is 1.44. The molecule has 1 aromatic heterocycles. The molecular weight excluding hydrogens is 584 g/mol. The number of rotatable bonds is 32. The molecule has 2 rings (SSSR count). The van der Waals surface area contributed by atoms with Crippen LogP contribution in [0.1, 0.15) is 122 Å². The summed E-state index contributed by atoms with van der Waals surface area (Å²) in [5.41, 5.74) is 0. The Labute approximate surface area is 278 Å². The minimum atomic E-state index is -0.781. The highest BCUT2D eigenvalue weighted by molar-refractivity contribution is 5.70. The third-order valence-electron chi connectivity index (χ3n) is 7.99. The summed E-state index contributed by atoms with van der Waals surface area (Å²) >= 11 is 0. The number of unbranched alkanes of at least 4 members (excludes halogenated alkanes) is 15. The van der Waals surface area contributed by atoms with E-state index in [1.165, 1.54) is 96.3 Å². The van der Waals surface area contributed by atoms with Crippen molar-refractivity contribution < 1.29 is 33.4 Å². The molecule has 0 aliphatic carbocycles. The molecule has 1 atom stereocenters. The first-order valence-corrected chi connectivity index (χ1v) is 18.1. The van der Waals surface area contributed by atoms with Crippen molar-refractivity contribution >= 4 is 12.2 Å². The number of carboxylic acid groups (broad SMARTS) is 1. The highest BCUT2D eigenvalue weighted by atomic mass is 16.6. The van der Waals surface area contributed by atoms with Crippen molar-refractivity contribution in [2.45, 2.75) is 129 Å². The number of carboxylic acids is 1. The van der Waals surface area contributed by atoms with Crippen molar-refractivity contribution in [1.82, 2.24) is 14.9 Å². The van der Waals surface area contributed by atoms with Crippen LogP contribution in [0.3, 0.4) is 0 Å². The Morgan fingerprint density at radius 3 is 2.00 bits per heavy atom. The van der Waals surface area contributed by atoms with Gasteiger partial charge in [0.05, 0.1) is 45.7 Å². The van der Waals surface area contributed by atoms with Crippen LogP contribution in [0.5, 0.6) is 6.01 Å². The summed E-state index contributed by atoms with van der Waals surface area (Å²) in [6.07, 6.45) is 31.2. The predicted molar refractivity (Wildman–Crippen MR) is 182 cm³/mol. The second-order valence-electron chi connectivity index (χ2n) is 12.2. The van der Waals surface area contributed by atoms with E-state index in [0.29, 0.717) is 52.1 Å². The second kappa shape index (κ2) is 28.6. The standard InChI is InChI=1S/C36H62N4O6/c1-2-3-4-5-6-7-8-9-10-11-12-13-14-15-16-17-27-44-31-34(46-36-37-21-19-22-38-36)32-45-30-29-43-28-26-40-25-24-39(33-40)23-18-20-35(41)42/h19,21-25,34H,2-18,20,26-33H2,1H3/p+1.